The first-order chi connectivity index (χ1) is 16.7. The van der Waals surface area contributed by atoms with E-state index in [1.165, 1.54) is 41.3 Å². The van der Waals surface area contributed by atoms with Gasteiger partial charge in [0.2, 0.25) is 16.9 Å². The van der Waals surface area contributed by atoms with E-state index in [0.717, 1.165) is 46.4 Å². The van der Waals surface area contributed by atoms with Crippen LogP contribution >= 0.6 is 23.1 Å². The Balaban J connectivity index is 1.10. The molecular formula is C25H29N5O2S2. The molecule has 2 amide bonds. The highest BCUT2D eigenvalue weighted by Crippen LogP contribution is 2.29. The molecular weight excluding hydrogens is 466 g/mol. The lowest BCUT2D eigenvalue weighted by Gasteiger charge is -2.34. The summed E-state index contributed by atoms with van der Waals surface area (Å²) in [5.74, 6) is 0.617. The van der Waals surface area contributed by atoms with Crippen molar-refractivity contribution in [2.24, 2.45) is 0 Å². The second-order valence-electron chi connectivity index (χ2n) is 8.87. The predicted octanol–water partition coefficient (Wildman–Crippen LogP) is 3.73. The van der Waals surface area contributed by atoms with Gasteiger partial charge >= 0.3 is 0 Å². The van der Waals surface area contributed by atoms with Gasteiger partial charge in [-0.3, -0.25) is 9.59 Å². The number of anilines is 1. The van der Waals surface area contributed by atoms with E-state index in [-0.39, 0.29) is 11.8 Å². The normalized spacial score (nSPS) is 16.8. The van der Waals surface area contributed by atoms with Crippen molar-refractivity contribution < 1.29 is 9.59 Å². The maximum absolute atomic E-state index is 13.0. The maximum Gasteiger partial charge on any atom is 0.230 e. The summed E-state index contributed by atoms with van der Waals surface area (Å²) < 4.78 is 0.811. The Bertz CT molecular complexity index is 1150. The lowest BCUT2D eigenvalue weighted by molar-refractivity contribution is -0.130. The minimum absolute atomic E-state index is 0.0759. The number of hydrogen-bond acceptors (Lipinski definition) is 7. The highest BCUT2D eigenvalue weighted by molar-refractivity contribution is 8.01. The number of carbonyl (C=O) groups is 2. The number of nitrogens with zero attached hydrogens (tertiary/aromatic N) is 4. The van der Waals surface area contributed by atoms with Crippen molar-refractivity contribution in [3.63, 3.8) is 0 Å². The molecule has 1 saturated carbocycles. The summed E-state index contributed by atoms with van der Waals surface area (Å²) in [5.41, 5.74) is 1.08. The fourth-order valence-corrected chi connectivity index (χ4v) is 6.43. The highest BCUT2D eigenvalue weighted by Gasteiger charge is 2.24. The van der Waals surface area contributed by atoms with Crippen LogP contribution in [0.25, 0.3) is 10.8 Å². The van der Waals surface area contributed by atoms with Crippen LogP contribution in [-0.4, -0.2) is 64.9 Å². The van der Waals surface area contributed by atoms with Gasteiger partial charge < -0.3 is 15.1 Å². The lowest BCUT2D eigenvalue weighted by atomic mass is 10.0. The van der Waals surface area contributed by atoms with Gasteiger partial charge in [0.15, 0.2) is 4.34 Å². The van der Waals surface area contributed by atoms with Gasteiger partial charge in [-0.1, -0.05) is 78.4 Å². The number of aromatic nitrogens is 2. The number of thioether (sulfide) groups is 1. The molecule has 0 bridgehead atoms. The van der Waals surface area contributed by atoms with Gasteiger partial charge in [-0.15, -0.1) is 10.2 Å². The molecule has 0 unspecified atom stereocenters. The first-order valence-corrected chi connectivity index (χ1v) is 13.7. The predicted molar refractivity (Wildman–Crippen MR) is 137 cm³/mol. The molecule has 1 saturated heterocycles. The zero-order valence-corrected chi connectivity index (χ0v) is 20.7. The Morgan fingerprint density at radius 2 is 1.76 bits per heavy atom. The molecule has 0 spiro atoms. The Morgan fingerprint density at radius 1 is 1.00 bits per heavy atom. The molecule has 0 atom stereocenters. The fraction of sp³-hybridized carbons (Fsp3) is 0.440. The molecule has 2 fully saturated rings. The fourth-order valence-electron chi connectivity index (χ4n) is 4.72. The van der Waals surface area contributed by atoms with Gasteiger partial charge in [0, 0.05) is 32.2 Å². The number of fused-ring (bicyclic) bond motifs is 1. The van der Waals surface area contributed by atoms with Crippen molar-refractivity contribution in [3.05, 3.63) is 48.0 Å². The Morgan fingerprint density at radius 3 is 2.59 bits per heavy atom. The number of rotatable bonds is 7. The van der Waals surface area contributed by atoms with Crippen LogP contribution in [0.3, 0.4) is 0 Å². The van der Waals surface area contributed by atoms with E-state index in [4.69, 9.17) is 0 Å². The van der Waals surface area contributed by atoms with Crippen LogP contribution in [0.15, 0.2) is 46.8 Å². The zero-order valence-electron chi connectivity index (χ0n) is 19.1. The van der Waals surface area contributed by atoms with Crippen LogP contribution in [-0.2, 0) is 16.0 Å². The molecule has 1 aliphatic heterocycles. The average molecular weight is 496 g/mol. The SMILES string of the molecule is O=C(CSc1nnc(N2CCN(C(=O)Cc3cccc4ccccc34)CC2)s1)NC1CCCC1. The third kappa shape index (κ3) is 5.52. The topological polar surface area (TPSA) is 78.4 Å². The molecule has 5 rings (SSSR count). The Labute approximate surface area is 207 Å². The molecule has 34 heavy (non-hydrogen) atoms. The van der Waals surface area contributed by atoms with E-state index in [9.17, 15) is 9.59 Å². The summed E-state index contributed by atoms with van der Waals surface area (Å²) in [4.78, 5) is 29.3. The van der Waals surface area contributed by atoms with E-state index in [0.29, 0.717) is 31.3 Å². The standard InChI is InChI=1S/C25H29N5O2S2/c31-22(26-20-9-2-3-10-20)17-33-25-28-27-24(34-25)30-14-12-29(13-15-30)23(32)16-19-8-5-7-18-6-1-4-11-21(18)19/h1,4-8,11,20H,2-3,9-10,12-17H2,(H,26,31). The van der Waals surface area contributed by atoms with Crippen molar-refractivity contribution in [2.45, 2.75) is 42.5 Å². The van der Waals surface area contributed by atoms with Crippen molar-refractivity contribution in [2.75, 3.05) is 36.8 Å². The van der Waals surface area contributed by atoms with Crippen molar-refractivity contribution in [3.8, 4) is 0 Å². The van der Waals surface area contributed by atoms with Crippen molar-refractivity contribution >= 4 is 50.8 Å². The summed E-state index contributed by atoms with van der Waals surface area (Å²) in [5, 5.41) is 14.9. The molecule has 0 radical (unpaired) electrons. The van der Waals surface area contributed by atoms with Crippen molar-refractivity contribution in [1.29, 1.82) is 0 Å². The summed E-state index contributed by atoms with van der Waals surface area (Å²) in [6, 6.07) is 14.7. The molecule has 2 heterocycles. The molecule has 1 aliphatic carbocycles. The minimum Gasteiger partial charge on any atom is -0.353 e. The molecule has 7 nitrogen and oxygen atoms in total. The Kier molecular flexibility index (Phi) is 7.30. The number of hydrogen-bond donors (Lipinski definition) is 1. The number of benzene rings is 2. The van der Waals surface area contributed by atoms with E-state index in [1.807, 2.05) is 29.2 Å². The third-order valence-corrected chi connectivity index (χ3v) is 8.68. The Hall–Kier alpha value is -2.65. The first kappa shape index (κ1) is 23.1. The van der Waals surface area contributed by atoms with Gasteiger partial charge in [0.25, 0.3) is 0 Å². The minimum atomic E-state index is 0.0759. The number of piperazine rings is 1. The van der Waals surface area contributed by atoms with Crippen LogP contribution in [0.4, 0.5) is 5.13 Å². The number of amides is 2. The van der Waals surface area contributed by atoms with Crippen LogP contribution in [0.5, 0.6) is 0 Å². The highest BCUT2D eigenvalue weighted by atomic mass is 32.2. The quantitative estimate of drug-likeness (QED) is 0.503. The maximum atomic E-state index is 13.0. The lowest BCUT2D eigenvalue weighted by Crippen LogP contribution is -2.49. The largest absolute Gasteiger partial charge is 0.353 e. The summed E-state index contributed by atoms with van der Waals surface area (Å²) in [7, 11) is 0. The molecule has 2 aliphatic rings. The van der Waals surface area contributed by atoms with Gasteiger partial charge in [-0.25, -0.2) is 0 Å². The van der Waals surface area contributed by atoms with Crippen LogP contribution in [0, 0.1) is 0 Å². The monoisotopic (exact) mass is 495 g/mol. The van der Waals surface area contributed by atoms with Crippen LogP contribution < -0.4 is 10.2 Å². The van der Waals surface area contributed by atoms with Gasteiger partial charge in [-0.05, 0) is 29.2 Å². The summed E-state index contributed by atoms with van der Waals surface area (Å²) >= 11 is 2.97. The average Bonchev–Trinajstić information content (AvgIpc) is 3.55. The molecule has 9 heteroatoms. The van der Waals surface area contributed by atoms with Crippen LogP contribution in [0.2, 0.25) is 0 Å². The summed E-state index contributed by atoms with van der Waals surface area (Å²) in [6.45, 7) is 2.83. The summed E-state index contributed by atoms with van der Waals surface area (Å²) in [6.07, 6.45) is 5.02. The van der Waals surface area contributed by atoms with Gasteiger partial charge in [-0.2, -0.15) is 0 Å². The molecule has 3 aromatic rings. The van der Waals surface area contributed by atoms with E-state index in [1.54, 1.807) is 0 Å². The van der Waals surface area contributed by atoms with E-state index >= 15 is 0 Å². The van der Waals surface area contributed by atoms with E-state index in [2.05, 4.69) is 38.6 Å². The molecule has 1 aromatic heterocycles. The van der Waals surface area contributed by atoms with Gasteiger partial charge in [0.1, 0.15) is 0 Å². The number of nitrogens with one attached hydrogen (secondary N) is 1. The first-order valence-electron chi connectivity index (χ1n) is 11.9. The zero-order chi connectivity index (χ0) is 23.3. The molecule has 2 aromatic carbocycles. The number of carbonyl (C=O) groups excluding carboxylic acids is 2. The van der Waals surface area contributed by atoms with Crippen molar-refractivity contribution in [1.82, 2.24) is 20.4 Å². The van der Waals surface area contributed by atoms with Gasteiger partial charge in [0.05, 0.1) is 12.2 Å². The second kappa shape index (κ2) is 10.7. The molecule has 178 valence electrons. The van der Waals surface area contributed by atoms with E-state index < -0.39 is 0 Å². The smallest absolute Gasteiger partial charge is 0.230 e. The molecule has 1 N–H and O–H groups in total. The second-order valence-corrected chi connectivity index (χ2v) is 11.0. The third-order valence-electron chi connectivity index (χ3n) is 6.57. The van der Waals surface area contributed by atoms with Crippen LogP contribution in [0.1, 0.15) is 31.2 Å².